The lowest BCUT2D eigenvalue weighted by Crippen LogP contribution is -2.35. The molecular weight excluding hydrogens is 380 g/mol. The van der Waals surface area contributed by atoms with Gasteiger partial charge in [-0.25, -0.2) is 9.78 Å². The summed E-state index contributed by atoms with van der Waals surface area (Å²) in [6.45, 7) is 2.20. The first-order valence-corrected chi connectivity index (χ1v) is 10.1. The fourth-order valence-corrected chi connectivity index (χ4v) is 3.42. The van der Waals surface area contributed by atoms with Crippen LogP contribution < -0.4 is 10.6 Å². The van der Waals surface area contributed by atoms with Crippen LogP contribution in [0.1, 0.15) is 34.6 Å². The predicted molar refractivity (Wildman–Crippen MR) is 112 cm³/mol. The highest BCUT2D eigenvalue weighted by Gasteiger charge is 2.19. The normalized spacial score (nSPS) is 13.3. The fraction of sp³-hybridized carbons (Fsp3) is 0.273. The molecular formula is C22H24N6O2. The number of aromatic nitrogens is 3. The number of carbonyl (C=O) groups is 2. The topological polar surface area (TPSA) is 103 Å². The van der Waals surface area contributed by atoms with Crippen LogP contribution in [0, 0.1) is 0 Å². The molecule has 1 saturated heterocycles. The lowest BCUT2D eigenvalue weighted by atomic mass is 10.1. The van der Waals surface area contributed by atoms with E-state index in [1.165, 1.54) is 0 Å². The van der Waals surface area contributed by atoms with E-state index in [9.17, 15) is 9.59 Å². The van der Waals surface area contributed by atoms with Crippen molar-refractivity contribution >= 4 is 11.9 Å². The third-order valence-corrected chi connectivity index (χ3v) is 5.00. The van der Waals surface area contributed by atoms with Gasteiger partial charge in [0.2, 0.25) is 0 Å². The molecule has 0 radical (unpaired) electrons. The molecule has 0 aliphatic carbocycles. The summed E-state index contributed by atoms with van der Waals surface area (Å²) in [7, 11) is 0. The Morgan fingerprint density at radius 2 is 1.73 bits per heavy atom. The van der Waals surface area contributed by atoms with Gasteiger partial charge in [-0.3, -0.25) is 9.89 Å². The van der Waals surface area contributed by atoms with Crippen LogP contribution in [0.2, 0.25) is 0 Å². The Morgan fingerprint density at radius 1 is 0.967 bits per heavy atom. The lowest BCUT2D eigenvalue weighted by Gasteiger charge is -2.15. The average Bonchev–Trinajstić information content (AvgIpc) is 3.49. The van der Waals surface area contributed by atoms with Gasteiger partial charge < -0.3 is 15.5 Å². The number of hydrogen-bond acceptors (Lipinski definition) is 4. The van der Waals surface area contributed by atoms with Crippen molar-refractivity contribution in [1.29, 1.82) is 0 Å². The molecule has 0 spiro atoms. The third kappa shape index (κ3) is 4.83. The molecule has 154 valence electrons. The van der Waals surface area contributed by atoms with Gasteiger partial charge in [0, 0.05) is 30.8 Å². The molecule has 8 nitrogen and oxygen atoms in total. The molecule has 0 atom stereocenters. The van der Waals surface area contributed by atoms with Crippen LogP contribution in [0.5, 0.6) is 0 Å². The van der Waals surface area contributed by atoms with Crippen molar-refractivity contribution in [3.05, 3.63) is 71.5 Å². The molecule has 2 heterocycles. The van der Waals surface area contributed by atoms with E-state index in [0.29, 0.717) is 23.8 Å². The van der Waals surface area contributed by atoms with E-state index < -0.39 is 0 Å². The molecule has 1 aromatic heterocycles. The molecule has 0 saturated carbocycles. The zero-order valence-corrected chi connectivity index (χ0v) is 16.6. The quantitative estimate of drug-likeness (QED) is 0.588. The van der Waals surface area contributed by atoms with E-state index in [-0.39, 0.29) is 18.5 Å². The van der Waals surface area contributed by atoms with Gasteiger partial charge in [-0.1, -0.05) is 42.5 Å². The first-order chi connectivity index (χ1) is 14.7. The number of aromatic amines is 1. The van der Waals surface area contributed by atoms with Crippen molar-refractivity contribution < 1.29 is 9.59 Å². The molecule has 30 heavy (non-hydrogen) atoms. The number of nitrogens with zero attached hydrogens (tertiary/aromatic N) is 3. The Bertz CT molecular complexity index is 1010. The molecule has 0 bridgehead atoms. The van der Waals surface area contributed by atoms with Crippen molar-refractivity contribution in [2.45, 2.75) is 25.9 Å². The van der Waals surface area contributed by atoms with E-state index in [1.807, 2.05) is 59.5 Å². The number of nitrogens with one attached hydrogen (secondary N) is 3. The van der Waals surface area contributed by atoms with Crippen molar-refractivity contribution in [3.8, 4) is 11.4 Å². The van der Waals surface area contributed by atoms with Crippen LogP contribution in [0.3, 0.4) is 0 Å². The molecule has 8 heteroatoms. The predicted octanol–water partition coefficient (Wildman–Crippen LogP) is 2.71. The minimum Gasteiger partial charge on any atom is -0.339 e. The molecule has 3 aromatic rings. The number of amides is 3. The second-order valence-corrected chi connectivity index (χ2v) is 7.21. The molecule has 3 amide bonds. The van der Waals surface area contributed by atoms with Gasteiger partial charge in [0.25, 0.3) is 5.91 Å². The molecule has 0 unspecified atom stereocenters. The maximum atomic E-state index is 12.5. The van der Waals surface area contributed by atoms with E-state index in [2.05, 4.69) is 25.8 Å². The van der Waals surface area contributed by atoms with Gasteiger partial charge in [0.1, 0.15) is 5.82 Å². The first-order valence-electron chi connectivity index (χ1n) is 10.1. The summed E-state index contributed by atoms with van der Waals surface area (Å²) in [6, 6.07) is 16.7. The van der Waals surface area contributed by atoms with Crippen molar-refractivity contribution in [2.24, 2.45) is 0 Å². The molecule has 2 aromatic carbocycles. The lowest BCUT2D eigenvalue weighted by molar-refractivity contribution is 0.0792. The van der Waals surface area contributed by atoms with Crippen molar-refractivity contribution in [2.75, 3.05) is 13.1 Å². The van der Waals surface area contributed by atoms with Crippen LogP contribution >= 0.6 is 0 Å². The SMILES string of the molecule is O=C(NCc1cccc(C(=O)N2CCCC2)c1)NCc1nc(-c2ccccc2)n[nH]1. The monoisotopic (exact) mass is 404 g/mol. The number of hydrogen-bond donors (Lipinski definition) is 3. The van der Waals surface area contributed by atoms with Gasteiger partial charge in [-0.15, -0.1) is 0 Å². The van der Waals surface area contributed by atoms with Crippen molar-refractivity contribution in [3.63, 3.8) is 0 Å². The largest absolute Gasteiger partial charge is 0.339 e. The fourth-order valence-electron chi connectivity index (χ4n) is 3.42. The van der Waals surface area contributed by atoms with E-state index in [0.717, 1.165) is 37.1 Å². The summed E-state index contributed by atoms with van der Waals surface area (Å²) in [5, 5.41) is 12.6. The average molecular weight is 404 g/mol. The van der Waals surface area contributed by atoms with Gasteiger partial charge in [-0.05, 0) is 30.5 Å². The van der Waals surface area contributed by atoms with Crippen LogP contribution in [-0.2, 0) is 13.1 Å². The maximum Gasteiger partial charge on any atom is 0.315 e. The maximum absolute atomic E-state index is 12.5. The van der Waals surface area contributed by atoms with Crippen LogP contribution in [-0.4, -0.2) is 45.1 Å². The van der Waals surface area contributed by atoms with E-state index >= 15 is 0 Å². The summed E-state index contributed by atoms with van der Waals surface area (Å²) >= 11 is 0. The number of H-pyrrole nitrogens is 1. The summed E-state index contributed by atoms with van der Waals surface area (Å²) in [6.07, 6.45) is 2.12. The molecule has 3 N–H and O–H groups in total. The Hall–Kier alpha value is -3.68. The van der Waals surface area contributed by atoms with Gasteiger partial charge in [0.05, 0.1) is 6.54 Å². The zero-order valence-electron chi connectivity index (χ0n) is 16.6. The summed E-state index contributed by atoms with van der Waals surface area (Å²) in [5.74, 6) is 1.22. The highest BCUT2D eigenvalue weighted by Crippen LogP contribution is 2.15. The third-order valence-electron chi connectivity index (χ3n) is 5.00. The van der Waals surface area contributed by atoms with E-state index in [4.69, 9.17) is 0 Å². The number of likely N-dealkylation sites (tertiary alicyclic amines) is 1. The van der Waals surface area contributed by atoms with E-state index in [1.54, 1.807) is 0 Å². The van der Waals surface area contributed by atoms with Crippen molar-refractivity contribution in [1.82, 2.24) is 30.7 Å². The van der Waals surface area contributed by atoms with Gasteiger partial charge in [-0.2, -0.15) is 5.10 Å². The summed E-state index contributed by atoms with van der Waals surface area (Å²) < 4.78 is 0. The van der Waals surface area contributed by atoms with Gasteiger partial charge >= 0.3 is 6.03 Å². The number of carbonyl (C=O) groups excluding carboxylic acids is 2. The number of rotatable bonds is 6. The Labute approximate surface area is 174 Å². The Morgan fingerprint density at radius 3 is 2.53 bits per heavy atom. The first kappa shape index (κ1) is 19.6. The zero-order chi connectivity index (χ0) is 20.8. The van der Waals surface area contributed by atoms with Crippen LogP contribution in [0.15, 0.2) is 54.6 Å². The second-order valence-electron chi connectivity index (χ2n) is 7.21. The Kier molecular flexibility index (Phi) is 6.03. The van der Waals surface area contributed by atoms with Crippen LogP contribution in [0.25, 0.3) is 11.4 Å². The molecule has 1 aliphatic rings. The Balaban J connectivity index is 1.27. The summed E-state index contributed by atoms with van der Waals surface area (Å²) in [4.78, 5) is 30.9. The minimum atomic E-state index is -0.316. The highest BCUT2D eigenvalue weighted by atomic mass is 16.2. The highest BCUT2D eigenvalue weighted by molar-refractivity contribution is 5.94. The molecule has 4 rings (SSSR count). The standard InChI is InChI=1S/C22H24N6O2/c29-21(28-11-4-5-12-28)18-10-6-7-16(13-18)14-23-22(30)24-15-19-25-20(27-26-19)17-8-2-1-3-9-17/h1-3,6-10,13H,4-5,11-12,14-15H2,(H2,23,24,30)(H,25,26,27). The van der Waals surface area contributed by atoms with Crippen LogP contribution in [0.4, 0.5) is 4.79 Å². The summed E-state index contributed by atoms with van der Waals surface area (Å²) in [5.41, 5.74) is 2.45. The number of urea groups is 1. The molecule has 1 fully saturated rings. The molecule has 1 aliphatic heterocycles. The smallest absolute Gasteiger partial charge is 0.315 e. The van der Waals surface area contributed by atoms with Gasteiger partial charge in [0.15, 0.2) is 5.82 Å². The number of benzene rings is 2. The minimum absolute atomic E-state index is 0.0540. The second kappa shape index (κ2) is 9.21.